The Balaban J connectivity index is 1.53. The van der Waals surface area contributed by atoms with Crippen molar-refractivity contribution >= 4 is 32.7 Å². The second kappa shape index (κ2) is 6.89. The van der Waals surface area contributed by atoms with Crippen LogP contribution in [-0.2, 0) is 20.3 Å². The van der Waals surface area contributed by atoms with Crippen LogP contribution in [0.2, 0.25) is 9.26 Å². The molecule has 0 N–H and O–H groups in total. The van der Waals surface area contributed by atoms with Gasteiger partial charge in [0.05, 0.1) is 0 Å². The summed E-state index contributed by atoms with van der Waals surface area (Å²) in [7, 11) is 0. The molecule has 3 aliphatic rings. The summed E-state index contributed by atoms with van der Waals surface area (Å²) >= 11 is -2.77. The first-order chi connectivity index (χ1) is 16.0. The molecule has 0 nitrogen and oxygen atoms in total. The van der Waals surface area contributed by atoms with Gasteiger partial charge in [0.1, 0.15) is 0 Å². The Morgan fingerprint density at radius 1 is 0.576 bits per heavy atom. The summed E-state index contributed by atoms with van der Waals surface area (Å²) in [6.45, 7) is 4.96. The van der Waals surface area contributed by atoms with E-state index in [2.05, 4.69) is 95.9 Å². The molecule has 0 spiro atoms. The number of hydrogen-bond acceptors (Lipinski definition) is 0. The van der Waals surface area contributed by atoms with Crippen molar-refractivity contribution in [1.82, 2.24) is 0 Å². The van der Waals surface area contributed by atoms with Crippen molar-refractivity contribution < 1.29 is 20.3 Å². The number of rotatable bonds is 0. The van der Waals surface area contributed by atoms with Crippen molar-refractivity contribution in [1.29, 1.82) is 0 Å². The zero-order valence-corrected chi connectivity index (χ0v) is 22.5. The van der Waals surface area contributed by atoms with Crippen molar-refractivity contribution in [3.8, 4) is 0 Å². The molecular weight excluding hydrogens is 476 g/mol. The van der Waals surface area contributed by atoms with Crippen LogP contribution in [0.4, 0.5) is 0 Å². The summed E-state index contributed by atoms with van der Waals surface area (Å²) in [5, 5.41) is 5.71. The first kappa shape index (κ1) is 20.2. The van der Waals surface area contributed by atoms with Gasteiger partial charge < -0.3 is 0 Å². The van der Waals surface area contributed by atoms with Crippen LogP contribution < -0.4 is 0 Å². The van der Waals surface area contributed by atoms with Crippen LogP contribution in [0.25, 0.3) is 32.7 Å². The molecule has 0 fully saturated rings. The average molecular weight is 506 g/mol. The summed E-state index contributed by atoms with van der Waals surface area (Å²) in [6, 6.07) is 27.9. The number of allylic oxidation sites excluding steroid dienone is 4. The molecule has 0 saturated heterocycles. The molecule has 0 amide bonds. The minimum absolute atomic E-state index is 0.658. The fourth-order valence-corrected chi connectivity index (χ4v) is 20.2. The quantitative estimate of drug-likeness (QED) is 0.223. The second-order valence-corrected chi connectivity index (χ2v) is 22.8. The van der Waals surface area contributed by atoms with Crippen molar-refractivity contribution in [2.45, 2.75) is 43.2 Å². The summed E-state index contributed by atoms with van der Waals surface area (Å²) < 4.78 is 6.80. The monoisotopic (exact) mass is 504 g/mol. The molecule has 0 saturated carbocycles. The summed E-state index contributed by atoms with van der Waals surface area (Å²) in [6.07, 6.45) is 2.32. The molecule has 1 aliphatic heterocycles. The number of benzene rings is 4. The predicted octanol–water partition coefficient (Wildman–Crippen LogP) is 9.39. The molecule has 7 rings (SSSR count). The molecule has 162 valence electrons. The van der Waals surface area contributed by atoms with Gasteiger partial charge in [-0.1, -0.05) is 0 Å². The molecule has 0 radical (unpaired) electrons. The van der Waals surface area contributed by atoms with E-state index in [1.165, 1.54) is 21.5 Å². The Hall–Kier alpha value is -2.24. The molecule has 0 aromatic heterocycles. The van der Waals surface area contributed by atoms with Crippen LogP contribution >= 0.6 is 0 Å². The standard InChI is InChI=1S/C30H24.2CH3.Zr/c1-19-17-23-13-11-21-7-3-5-9-27(21)29(23)25(19)15-16-26-20(2)18-24-14-12-22-8-4-6-10-28(22)30(24)26;;;/h3-14,17-18H,15-16H2,1-2H3;2*1H3;. The fourth-order valence-electron chi connectivity index (χ4n) is 7.92. The normalized spacial score (nSPS) is 22.9. The molecule has 2 atom stereocenters. The molecule has 1 heteroatoms. The third kappa shape index (κ3) is 2.55. The molecule has 2 aliphatic carbocycles. The van der Waals surface area contributed by atoms with Crippen LogP contribution in [-0.4, -0.2) is 0 Å². The third-order valence-corrected chi connectivity index (χ3v) is 20.1. The molecule has 4 aromatic carbocycles. The van der Waals surface area contributed by atoms with Crippen LogP contribution in [0.5, 0.6) is 0 Å². The Morgan fingerprint density at radius 2 is 1.00 bits per heavy atom. The SMILES string of the molecule is CC1=C2CCC3=C(C)[CH](c4ccc5ccccc5c43)[Zr]([CH3])([CH3])[CH]1c1ccc3ccccc3c12. The Morgan fingerprint density at radius 3 is 1.45 bits per heavy atom. The number of hydrogen-bond donors (Lipinski definition) is 0. The predicted molar refractivity (Wildman–Crippen MR) is 140 cm³/mol. The zero-order valence-electron chi connectivity index (χ0n) is 20.0. The van der Waals surface area contributed by atoms with E-state index in [1.807, 2.05) is 0 Å². The molecule has 2 unspecified atom stereocenters. The molecule has 4 aromatic rings. The van der Waals surface area contributed by atoms with E-state index >= 15 is 0 Å². The van der Waals surface area contributed by atoms with Gasteiger partial charge in [-0.05, 0) is 0 Å². The van der Waals surface area contributed by atoms with E-state index in [4.69, 9.17) is 0 Å². The van der Waals surface area contributed by atoms with Crippen molar-refractivity contribution in [3.63, 3.8) is 0 Å². The van der Waals surface area contributed by atoms with Gasteiger partial charge in [0.15, 0.2) is 0 Å². The second-order valence-electron chi connectivity index (χ2n) is 11.0. The van der Waals surface area contributed by atoms with E-state index < -0.39 is 20.3 Å². The van der Waals surface area contributed by atoms with Gasteiger partial charge in [-0.25, -0.2) is 0 Å². The minimum atomic E-state index is -2.77. The van der Waals surface area contributed by atoms with Gasteiger partial charge >= 0.3 is 202 Å². The van der Waals surface area contributed by atoms with Gasteiger partial charge in [-0.3, -0.25) is 0 Å². The zero-order chi connectivity index (χ0) is 22.5. The van der Waals surface area contributed by atoms with Crippen LogP contribution in [0.3, 0.4) is 0 Å². The van der Waals surface area contributed by atoms with Crippen LogP contribution in [0, 0.1) is 0 Å². The van der Waals surface area contributed by atoms with E-state index in [9.17, 15) is 0 Å². The van der Waals surface area contributed by atoms with Gasteiger partial charge in [0, 0.05) is 0 Å². The first-order valence-electron chi connectivity index (χ1n) is 12.4. The van der Waals surface area contributed by atoms with Gasteiger partial charge in [0.25, 0.3) is 0 Å². The Kier molecular flexibility index (Phi) is 4.21. The van der Waals surface area contributed by atoms with Gasteiger partial charge in [-0.2, -0.15) is 0 Å². The Bertz CT molecular complexity index is 1450. The van der Waals surface area contributed by atoms with Crippen LogP contribution in [0.1, 0.15) is 56.2 Å². The van der Waals surface area contributed by atoms with E-state index in [0.29, 0.717) is 7.25 Å². The van der Waals surface area contributed by atoms with Crippen LogP contribution in [0.15, 0.2) is 83.9 Å². The van der Waals surface area contributed by atoms with Gasteiger partial charge in [0.2, 0.25) is 0 Å². The third-order valence-electron chi connectivity index (χ3n) is 9.08. The summed E-state index contributed by atoms with van der Waals surface area (Å²) in [4.78, 5) is 0. The average Bonchev–Trinajstić information content (AvgIpc) is 3.28. The molecule has 1 heterocycles. The molecule has 33 heavy (non-hydrogen) atoms. The summed E-state index contributed by atoms with van der Waals surface area (Å²) in [5.74, 6) is 0. The van der Waals surface area contributed by atoms with E-state index in [-0.39, 0.29) is 0 Å². The van der Waals surface area contributed by atoms with E-state index in [1.54, 1.807) is 44.5 Å². The molecular formula is C32H30Zr. The first-order valence-corrected chi connectivity index (χ1v) is 20.2. The topological polar surface area (TPSA) is 0 Å². The maximum atomic E-state index is 2.74. The van der Waals surface area contributed by atoms with E-state index in [0.717, 1.165) is 12.8 Å². The molecule has 4 bridgehead atoms. The number of fused-ring (bicyclic) bond motifs is 12. The maximum absolute atomic E-state index is 2.77. The summed E-state index contributed by atoms with van der Waals surface area (Å²) in [5.41, 5.74) is 13.2. The Labute approximate surface area is 201 Å². The van der Waals surface area contributed by atoms with Crippen molar-refractivity contribution in [3.05, 3.63) is 106 Å². The van der Waals surface area contributed by atoms with Crippen molar-refractivity contribution in [2.75, 3.05) is 0 Å². The van der Waals surface area contributed by atoms with Crippen molar-refractivity contribution in [2.24, 2.45) is 0 Å². The fraction of sp³-hybridized carbons (Fsp3) is 0.250. The van der Waals surface area contributed by atoms with Gasteiger partial charge in [-0.15, -0.1) is 0 Å².